The van der Waals surface area contributed by atoms with Crippen LogP contribution in [-0.4, -0.2) is 16.8 Å². The third-order valence-electron chi connectivity index (χ3n) is 1.74. The van der Waals surface area contributed by atoms with Gasteiger partial charge in [-0.05, 0) is 24.1 Å². The highest BCUT2D eigenvalue weighted by Gasteiger charge is 2.04. The molecule has 0 aliphatic carbocycles. The number of hydrogen-bond donors (Lipinski definition) is 3. The Hall–Kier alpha value is -1.06. The van der Waals surface area contributed by atoms with Crippen LogP contribution >= 0.6 is 0 Å². The van der Waals surface area contributed by atoms with E-state index in [0.29, 0.717) is 6.42 Å². The Kier molecular flexibility index (Phi) is 3.08. The van der Waals surface area contributed by atoms with Crippen LogP contribution in [0.25, 0.3) is 0 Å². The molecule has 12 heavy (non-hydrogen) atoms. The Morgan fingerprint density at radius 2 is 2.17 bits per heavy atom. The number of rotatable bonds is 3. The molecule has 1 atom stereocenters. The molecule has 1 rings (SSSR count). The maximum atomic E-state index is 9.11. The van der Waals surface area contributed by atoms with E-state index in [1.165, 1.54) is 0 Å². The Balaban J connectivity index is 2.73. The molecule has 1 aromatic rings. The van der Waals surface area contributed by atoms with E-state index in [0.717, 1.165) is 5.56 Å². The third kappa shape index (κ3) is 2.22. The van der Waals surface area contributed by atoms with Crippen molar-refractivity contribution in [1.29, 1.82) is 0 Å². The number of phenols is 1. The van der Waals surface area contributed by atoms with Gasteiger partial charge in [-0.15, -0.1) is 0 Å². The van der Waals surface area contributed by atoms with Crippen molar-refractivity contribution in [3.8, 4) is 5.75 Å². The summed E-state index contributed by atoms with van der Waals surface area (Å²) >= 11 is 0. The van der Waals surface area contributed by atoms with Gasteiger partial charge < -0.3 is 15.9 Å². The van der Waals surface area contributed by atoms with Gasteiger partial charge in [0.05, 0.1) is 0 Å². The molecule has 0 aliphatic rings. The average molecular weight is 167 g/mol. The number of nitrogens with two attached hydrogens (primary N) is 1. The SMILES string of the molecule is N[C@H](CCO)c1cccc(O)c1. The molecule has 0 fully saturated rings. The molecule has 3 heteroatoms. The van der Waals surface area contributed by atoms with Crippen molar-refractivity contribution in [3.63, 3.8) is 0 Å². The standard InChI is InChI=1S/C9H13NO2/c10-9(4-5-11)7-2-1-3-8(12)6-7/h1-3,6,9,11-12H,4-5,10H2/t9-/m1/s1. The van der Waals surface area contributed by atoms with Gasteiger partial charge >= 0.3 is 0 Å². The first-order valence-corrected chi connectivity index (χ1v) is 3.89. The molecule has 0 radical (unpaired) electrons. The zero-order valence-corrected chi connectivity index (χ0v) is 6.77. The van der Waals surface area contributed by atoms with Crippen molar-refractivity contribution >= 4 is 0 Å². The minimum absolute atomic E-state index is 0.0663. The van der Waals surface area contributed by atoms with E-state index in [-0.39, 0.29) is 18.4 Å². The van der Waals surface area contributed by atoms with Crippen molar-refractivity contribution in [1.82, 2.24) is 0 Å². The largest absolute Gasteiger partial charge is 0.508 e. The molecule has 0 aliphatic heterocycles. The molecule has 66 valence electrons. The highest BCUT2D eigenvalue weighted by molar-refractivity contribution is 5.29. The third-order valence-corrected chi connectivity index (χ3v) is 1.74. The van der Waals surface area contributed by atoms with Gasteiger partial charge in [0.15, 0.2) is 0 Å². The normalized spacial score (nSPS) is 12.8. The minimum atomic E-state index is -0.193. The Labute approximate surface area is 71.5 Å². The first kappa shape index (κ1) is 9.03. The van der Waals surface area contributed by atoms with Crippen LogP contribution in [0.1, 0.15) is 18.0 Å². The maximum absolute atomic E-state index is 9.11. The highest BCUT2D eigenvalue weighted by atomic mass is 16.3. The van der Waals surface area contributed by atoms with E-state index in [1.807, 2.05) is 6.07 Å². The van der Waals surface area contributed by atoms with Crippen LogP contribution in [0.4, 0.5) is 0 Å². The van der Waals surface area contributed by atoms with Crippen molar-refractivity contribution in [2.24, 2.45) is 5.73 Å². The fourth-order valence-electron chi connectivity index (χ4n) is 1.06. The van der Waals surface area contributed by atoms with Gasteiger partial charge in [-0.1, -0.05) is 12.1 Å². The Bertz CT molecular complexity index is 250. The Morgan fingerprint density at radius 1 is 1.42 bits per heavy atom. The zero-order chi connectivity index (χ0) is 8.97. The molecule has 0 saturated heterocycles. The second-order valence-corrected chi connectivity index (χ2v) is 2.71. The molecule has 0 unspecified atom stereocenters. The first-order chi connectivity index (χ1) is 5.74. The maximum Gasteiger partial charge on any atom is 0.115 e. The van der Waals surface area contributed by atoms with Crippen LogP contribution < -0.4 is 5.73 Å². The summed E-state index contributed by atoms with van der Waals surface area (Å²) in [4.78, 5) is 0. The van der Waals surface area contributed by atoms with Crippen LogP contribution in [0.5, 0.6) is 5.75 Å². The number of aromatic hydroxyl groups is 1. The van der Waals surface area contributed by atoms with Crippen molar-refractivity contribution < 1.29 is 10.2 Å². The first-order valence-electron chi connectivity index (χ1n) is 3.89. The van der Waals surface area contributed by atoms with Crippen LogP contribution in [0.3, 0.4) is 0 Å². The lowest BCUT2D eigenvalue weighted by Gasteiger charge is -2.09. The molecule has 1 aromatic carbocycles. The fourth-order valence-corrected chi connectivity index (χ4v) is 1.06. The predicted molar refractivity (Wildman–Crippen MR) is 46.7 cm³/mol. The molecular weight excluding hydrogens is 154 g/mol. The zero-order valence-electron chi connectivity index (χ0n) is 6.77. The molecule has 0 heterocycles. The quantitative estimate of drug-likeness (QED) is 0.623. The summed E-state index contributed by atoms with van der Waals surface area (Å²) in [5.74, 6) is 0.209. The smallest absolute Gasteiger partial charge is 0.115 e. The molecule has 0 bridgehead atoms. The number of hydrogen-bond acceptors (Lipinski definition) is 3. The fraction of sp³-hybridized carbons (Fsp3) is 0.333. The van der Waals surface area contributed by atoms with Crippen LogP contribution in [0.2, 0.25) is 0 Å². The van der Waals surface area contributed by atoms with Gasteiger partial charge in [0.1, 0.15) is 5.75 Å². The van der Waals surface area contributed by atoms with Crippen LogP contribution in [-0.2, 0) is 0 Å². The number of benzene rings is 1. The van der Waals surface area contributed by atoms with Crippen LogP contribution in [0.15, 0.2) is 24.3 Å². The van der Waals surface area contributed by atoms with Gasteiger partial charge in [0.25, 0.3) is 0 Å². The van der Waals surface area contributed by atoms with Crippen molar-refractivity contribution in [2.45, 2.75) is 12.5 Å². The van der Waals surface area contributed by atoms with Crippen molar-refractivity contribution in [3.05, 3.63) is 29.8 Å². The number of phenolic OH excluding ortho intramolecular Hbond substituents is 1. The summed E-state index contributed by atoms with van der Waals surface area (Å²) in [5, 5.41) is 17.7. The lowest BCUT2D eigenvalue weighted by atomic mass is 10.1. The average Bonchev–Trinajstić information content (AvgIpc) is 2.05. The summed E-state index contributed by atoms with van der Waals surface area (Å²) < 4.78 is 0. The monoisotopic (exact) mass is 167 g/mol. The van der Waals surface area contributed by atoms with E-state index in [2.05, 4.69) is 0 Å². The number of aliphatic hydroxyl groups excluding tert-OH is 1. The lowest BCUT2D eigenvalue weighted by molar-refractivity contribution is 0.276. The van der Waals surface area contributed by atoms with Gasteiger partial charge in [0.2, 0.25) is 0 Å². The van der Waals surface area contributed by atoms with Gasteiger partial charge in [0, 0.05) is 12.6 Å². The molecular formula is C9H13NO2. The lowest BCUT2D eigenvalue weighted by Crippen LogP contribution is -2.11. The molecule has 4 N–H and O–H groups in total. The highest BCUT2D eigenvalue weighted by Crippen LogP contribution is 2.18. The molecule has 0 spiro atoms. The van der Waals surface area contributed by atoms with E-state index in [9.17, 15) is 0 Å². The summed E-state index contributed by atoms with van der Waals surface area (Å²) in [7, 11) is 0. The van der Waals surface area contributed by atoms with E-state index in [4.69, 9.17) is 15.9 Å². The predicted octanol–water partition coefficient (Wildman–Crippen LogP) is 0.774. The summed E-state index contributed by atoms with van der Waals surface area (Å²) in [6, 6.07) is 6.58. The van der Waals surface area contributed by atoms with E-state index in [1.54, 1.807) is 18.2 Å². The Morgan fingerprint density at radius 3 is 2.75 bits per heavy atom. The minimum Gasteiger partial charge on any atom is -0.508 e. The van der Waals surface area contributed by atoms with Gasteiger partial charge in [-0.3, -0.25) is 0 Å². The number of aliphatic hydroxyl groups is 1. The molecule has 0 amide bonds. The van der Waals surface area contributed by atoms with Gasteiger partial charge in [-0.25, -0.2) is 0 Å². The van der Waals surface area contributed by atoms with E-state index < -0.39 is 0 Å². The molecule has 0 saturated carbocycles. The van der Waals surface area contributed by atoms with Crippen LogP contribution in [0, 0.1) is 0 Å². The second-order valence-electron chi connectivity index (χ2n) is 2.71. The second kappa shape index (κ2) is 4.09. The summed E-state index contributed by atoms with van der Waals surface area (Å²) in [5.41, 5.74) is 6.55. The van der Waals surface area contributed by atoms with E-state index >= 15 is 0 Å². The topological polar surface area (TPSA) is 66.5 Å². The van der Waals surface area contributed by atoms with Gasteiger partial charge in [-0.2, -0.15) is 0 Å². The summed E-state index contributed by atoms with van der Waals surface area (Å²) in [6.07, 6.45) is 0.517. The summed E-state index contributed by atoms with van der Waals surface area (Å²) in [6.45, 7) is 0.0663. The van der Waals surface area contributed by atoms with Crippen molar-refractivity contribution in [2.75, 3.05) is 6.61 Å². The molecule has 0 aromatic heterocycles. The molecule has 3 nitrogen and oxygen atoms in total.